The van der Waals surface area contributed by atoms with Gasteiger partial charge in [-0.25, -0.2) is 0 Å². The van der Waals surface area contributed by atoms with Gasteiger partial charge < -0.3 is 9.64 Å². The van der Waals surface area contributed by atoms with Gasteiger partial charge in [-0.05, 0) is 49.9 Å². The lowest BCUT2D eigenvalue weighted by atomic mass is 9.74. The molecular formula is C21H23NO3. The number of benzene rings is 1. The molecule has 0 N–H and O–H groups in total. The Morgan fingerprint density at radius 1 is 0.880 bits per heavy atom. The second-order valence-electron chi connectivity index (χ2n) is 7.03. The first-order valence-corrected chi connectivity index (χ1v) is 9.08. The minimum atomic E-state index is -0.0694. The van der Waals surface area contributed by atoms with Gasteiger partial charge in [0, 0.05) is 47.0 Å². The number of rotatable bonds is 2. The van der Waals surface area contributed by atoms with Crippen LogP contribution >= 0.6 is 0 Å². The number of carbonyl (C=O) groups excluding carboxylic acids is 2. The van der Waals surface area contributed by atoms with Crippen molar-refractivity contribution in [2.45, 2.75) is 45.4 Å². The fourth-order valence-corrected chi connectivity index (χ4v) is 4.49. The smallest absolute Gasteiger partial charge is 0.161 e. The number of ketones is 2. The van der Waals surface area contributed by atoms with Crippen molar-refractivity contribution in [2.75, 3.05) is 12.0 Å². The molecule has 3 aliphatic rings. The zero-order chi connectivity index (χ0) is 17.6. The molecule has 1 aromatic carbocycles. The van der Waals surface area contributed by atoms with E-state index in [1.807, 2.05) is 31.2 Å². The summed E-state index contributed by atoms with van der Waals surface area (Å²) in [5.41, 5.74) is 4.92. The fraction of sp³-hybridized carbons (Fsp3) is 0.429. The first kappa shape index (κ1) is 16.1. The molecule has 0 saturated carbocycles. The third-order valence-electron chi connectivity index (χ3n) is 5.59. The van der Waals surface area contributed by atoms with E-state index < -0.39 is 0 Å². The number of nitrogens with zero attached hydrogens (tertiary/aromatic N) is 1. The van der Waals surface area contributed by atoms with Crippen molar-refractivity contribution in [3.8, 4) is 5.75 Å². The Morgan fingerprint density at radius 3 is 1.88 bits per heavy atom. The fourth-order valence-electron chi connectivity index (χ4n) is 4.49. The van der Waals surface area contributed by atoms with Crippen LogP contribution in [-0.4, -0.2) is 18.7 Å². The van der Waals surface area contributed by atoms with Crippen LogP contribution < -0.4 is 9.64 Å². The quantitative estimate of drug-likeness (QED) is 0.813. The second-order valence-corrected chi connectivity index (χ2v) is 7.03. The number of carbonyl (C=O) groups is 2. The van der Waals surface area contributed by atoms with E-state index in [9.17, 15) is 9.59 Å². The lowest BCUT2D eigenvalue weighted by Crippen LogP contribution is -2.39. The van der Waals surface area contributed by atoms with Crippen LogP contribution in [0.3, 0.4) is 0 Å². The van der Waals surface area contributed by atoms with Gasteiger partial charge in [-0.15, -0.1) is 0 Å². The average Bonchev–Trinajstić information content (AvgIpc) is 2.62. The molecule has 1 heterocycles. The Morgan fingerprint density at radius 2 is 1.40 bits per heavy atom. The van der Waals surface area contributed by atoms with Crippen molar-refractivity contribution < 1.29 is 14.3 Å². The Bertz CT molecular complexity index is 757. The highest BCUT2D eigenvalue weighted by Gasteiger charge is 2.40. The molecule has 1 aliphatic heterocycles. The maximum absolute atomic E-state index is 12.7. The van der Waals surface area contributed by atoms with Crippen LogP contribution in [0.2, 0.25) is 0 Å². The lowest BCUT2D eigenvalue weighted by Gasteiger charge is -2.43. The molecule has 0 radical (unpaired) electrons. The SMILES string of the molecule is COc1ccc(N2C3=C(C(=O)CCC3)C(C)C3=C2CCCC3=O)cc1. The zero-order valence-electron chi connectivity index (χ0n) is 14.8. The topological polar surface area (TPSA) is 46.6 Å². The van der Waals surface area contributed by atoms with Gasteiger partial charge in [0.1, 0.15) is 5.75 Å². The molecule has 0 saturated heterocycles. The minimum Gasteiger partial charge on any atom is -0.497 e. The number of allylic oxidation sites excluding steroid dienone is 4. The molecule has 25 heavy (non-hydrogen) atoms. The van der Waals surface area contributed by atoms with Crippen LogP contribution in [0.5, 0.6) is 5.75 Å². The van der Waals surface area contributed by atoms with E-state index in [4.69, 9.17) is 4.74 Å². The molecule has 4 rings (SSSR count). The summed E-state index contributed by atoms with van der Waals surface area (Å²) in [6.45, 7) is 2.03. The molecule has 0 amide bonds. The minimum absolute atomic E-state index is 0.0694. The Hall–Kier alpha value is -2.36. The number of Topliss-reactive ketones (excluding diaryl/α,β-unsaturated/α-hetero) is 2. The van der Waals surface area contributed by atoms with Crippen molar-refractivity contribution in [3.63, 3.8) is 0 Å². The van der Waals surface area contributed by atoms with E-state index in [0.29, 0.717) is 12.8 Å². The van der Waals surface area contributed by atoms with Crippen molar-refractivity contribution >= 4 is 17.3 Å². The number of methoxy groups -OCH3 is 1. The molecule has 4 nitrogen and oxygen atoms in total. The van der Waals surface area contributed by atoms with Gasteiger partial charge in [0.05, 0.1) is 7.11 Å². The summed E-state index contributed by atoms with van der Waals surface area (Å²) >= 11 is 0. The molecule has 4 heteroatoms. The van der Waals surface area contributed by atoms with Crippen molar-refractivity contribution in [1.29, 1.82) is 0 Å². The summed E-state index contributed by atoms with van der Waals surface area (Å²) in [5, 5.41) is 0. The van der Waals surface area contributed by atoms with Gasteiger partial charge in [0.25, 0.3) is 0 Å². The summed E-state index contributed by atoms with van der Waals surface area (Å²) in [6.07, 6.45) is 4.74. The van der Waals surface area contributed by atoms with Gasteiger partial charge in [0.2, 0.25) is 0 Å². The van der Waals surface area contributed by atoms with Crippen LogP contribution in [-0.2, 0) is 9.59 Å². The van der Waals surface area contributed by atoms with Crippen molar-refractivity contribution in [1.82, 2.24) is 0 Å². The molecular weight excluding hydrogens is 314 g/mol. The van der Waals surface area contributed by atoms with Gasteiger partial charge >= 0.3 is 0 Å². The molecule has 0 unspecified atom stereocenters. The maximum Gasteiger partial charge on any atom is 0.161 e. The van der Waals surface area contributed by atoms with Crippen LogP contribution in [0.4, 0.5) is 5.69 Å². The third kappa shape index (κ3) is 2.51. The average molecular weight is 337 g/mol. The lowest BCUT2D eigenvalue weighted by molar-refractivity contribution is -0.117. The van der Waals surface area contributed by atoms with Gasteiger partial charge in [-0.1, -0.05) is 6.92 Å². The van der Waals surface area contributed by atoms with Crippen molar-refractivity contribution in [2.24, 2.45) is 5.92 Å². The van der Waals surface area contributed by atoms with Gasteiger partial charge in [-0.2, -0.15) is 0 Å². The van der Waals surface area contributed by atoms with Gasteiger partial charge in [-0.3, -0.25) is 9.59 Å². The molecule has 0 bridgehead atoms. The largest absolute Gasteiger partial charge is 0.497 e. The van der Waals surface area contributed by atoms with Crippen LogP contribution in [0.15, 0.2) is 46.8 Å². The van der Waals surface area contributed by atoms with Crippen LogP contribution in [0.25, 0.3) is 0 Å². The number of hydrogen-bond acceptors (Lipinski definition) is 4. The first-order valence-electron chi connectivity index (χ1n) is 9.08. The first-order chi connectivity index (χ1) is 12.1. The molecule has 2 aliphatic carbocycles. The zero-order valence-corrected chi connectivity index (χ0v) is 14.8. The summed E-state index contributed by atoms with van der Waals surface area (Å²) < 4.78 is 5.27. The molecule has 130 valence electrons. The molecule has 1 aromatic rings. The van der Waals surface area contributed by atoms with Crippen LogP contribution in [0, 0.1) is 5.92 Å². The summed E-state index contributed by atoms with van der Waals surface area (Å²) in [7, 11) is 1.65. The third-order valence-corrected chi connectivity index (χ3v) is 5.59. The van der Waals surface area contributed by atoms with E-state index in [1.54, 1.807) is 7.11 Å². The predicted molar refractivity (Wildman–Crippen MR) is 96.4 cm³/mol. The highest BCUT2D eigenvalue weighted by Crippen LogP contribution is 2.46. The number of anilines is 1. The molecule has 0 spiro atoms. The highest BCUT2D eigenvalue weighted by molar-refractivity contribution is 6.06. The Labute approximate surface area is 148 Å². The molecule has 0 aromatic heterocycles. The standard InChI is InChI=1S/C21H23NO3/c1-13-20-16(5-3-7-18(20)23)22(14-9-11-15(25-2)12-10-14)17-6-4-8-19(24)21(13)17/h9-13H,3-8H2,1-2H3. The van der Waals surface area contributed by atoms with E-state index in [2.05, 4.69) is 4.90 Å². The summed E-state index contributed by atoms with van der Waals surface area (Å²) in [6, 6.07) is 7.90. The Kier molecular flexibility index (Phi) is 3.98. The monoisotopic (exact) mass is 337 g/mol. The van der Waals surface area contributed by atoms with E-state index in [0.717, 1.165) is 59.7 Å². The van der Waals surface area contributed by atoms with E-state index >= 15 is 0 Å². The molecule has 0 fully saturated rings. The normalized spacial score (nSPS) is 21.4. The van der Waals surface area contributed by atoms with Crippen LogP contribution in [0.1, 0.15) is 45.4 Å². The van der Waals surface area contributed by atoms with E-state index in [-0.39, 0.29) is 17.5 Å². The maximum atomic E-state index is 12.7. The Balaban J connectivity index is 1.90. The summed E-state index contributed by atoms with van der Waals surface area (Å²) in [4.78, 5) is 27.5. The highest BCUT2D eigenvalue weighted by atomic mass is 16.5. The van der Waals surface area contributed by atoms with Crippen molar-refractivity contribution in [3.05, 3.63) is 46.8 Å². The van der Waals surface area contributed by atoms with Gasteiger partial charge in [0.15, 0.2) is 11.6 Å². The molecule has 0 atom stereocenters. The van der Waals surface area contributed by atoms with E-state index in [1.165, 1.54) is 0 Å². The summed E-state index contributed by atoms with van der Waals surface area (Å²) in [5.74, 6) is 1.14. The number of ether oxygens (including phenoxy) is 1. The second kappa shape index (κ2) is 6.17. The number of hydrogen-bond donors (Lipinski definition) is 0. The predicted octanol–water partition coefficient (Wildman–Crippen LogP) is 4.17.